The summed E-state index contributed by atoms with van der Waals surface area (Å²) < 4.78 is 12.6. The molecule has 10 heteroatoms. The number of fused-ring (bicyclic) bond motifs is 2. The van der Waals surface area contributed by atoms with Gasteiger partial charge in [0.2, 0.25) is 24.0 Å². The molecule has 10 nitrogen and oxygen atoms in total. The minimum absolute atomic E-state index is 0.0378. The third-order valence-electron chi connectivity index (χ3n) is 6.47. The van der Waals surface area contributed by atoms with Gasteiger partial charge in [-0.1, -0.05) is 13.8 Å². The smallest absolute Gasteiger partial charge is 0.257 e. The van der Waals surface area contributed by atoms with E-state index < -0.39 is 17.4 Å². The van der Waals surface area contributed by atoms with Gasteiger partial charge in [-0.15, -0.1) is 0 Å². The van der Waals surface area contributed by atoms with Crippen molar-refractivity contribution in [2.24, 2.45) is 5.92 Å². The number of aromatic nitrogens is 1. The van der Waals surface area contributed by atoms with Crippen molar-refractivity contribution in [1.82, 2.24) is 20.1 Å². The fourth-order valence-electron chi connectivity index (χ4n) is 4.49. The zero-order valence-electron chi connectivity index (χ0n) is 20.4. The molecule has 2 N–H and O–H groups in total. The number of nitrogens with one attached hydrogen (secondary N) is 2. The molecule has 2 aliphatic heterocycles. The maximum atomic E-state index is 13.2. The van der Waals surface area contributed by atoms with E-state index in [0.29, 0.717) is 54.9 Å². The van der Waals surface area contributed by atoms with Gasteiger partial charge >= 0.3 is 0 Å². The molecule has 0 unspecified atom stereocenters. The first-order valence-electron chi connectivity index (χ1n) is 12.1. The second-order valence-corrected chi connectivity index (χ2v) is 9.20. The number of hydrogen-bond acceptors (Lipinski definition) is 6. The molecule has 35 heavy (non-hydrogen) atoms. The molecule has 0 bridgehead atoms. The van der Waals surface area contributed by atoms with Crippen LogP contribution in [-0.2, 0) is 16.1 Å². The highest BCUT2D eigenvalue weighted by Crippen LogP contribution is 2.35. The lowest BCUT2D eigenvalue weighted by Gasteiger charge is -2.22. The predicted octanol–water partition coefficient (Wildman–Crippen LogP) is 1.63. The minimum atomic E-state index is -0.808. The Bertz CT molecular complexity index is 1200. The van der Waals surface area contributed by atoms with Crippen molar-refractivity contribution in [3.8, 4) is 11.5 Å². The maximum absolute atomic E-state index is 13.2. The van der Waals surface area contributed by atoms with E-state index in [1.54, 1.807) is 21.6 Å². The number of hydrogen-bond donors (Lipinski definition) is 2. The van der Waals surface area contributed by atoms with Gasteiger partial charge in [-0.25, -0.2) is 0 Å². The number of aryl methyl sites for hydroxylation is 1. The zero-order valence-corrected chi connectivity index (χ0v) is 20.4. The van der Waals surface area contributed by atoms with Gasteiger partial charge in [0.15, 0.2) is 11.5 Å². The number of pyridine rings is 1. The highest BCUT2D eigenvalue weighted by atomic mass is 16.7. The van der Waals surface area contributed by atoms with Gasteiger partial charge in [0, 0.05) is 44.9 Å². The van der Waals surface area contributed by atoms with E-state index in [9.17, 15) is 19.2 Å². The lowest BCUT2D eigenvalue weighted by molar-refractivity contribution is -0.127. The van der Waals surface area contributed by atoms with Gasteiger partial charge in [0.1, 0.15) is 11.6 Å². The molecule has 0 radical (unpaired) electrons. The summed E-state index contributed by atoms with van der Waals surface area (Å²) in [5, 5.41) is 5.95. The van der Waals surface area contributed by atoms with E-state index in [4.69, 9.17) is 9.47 Å². The van der Waals surface area contributed by atoms with Crippen molar-refractivity contribution < 1.29 is 23.9 Å². The van der Waals surface area contributed by atoms with Crippen molar-refractivity contribution in [3.05, 3.63) is 34.1 Å². The number of carbonyl (C=O) groups is 3. The Kier molecular flexibility index (Phi) is 7.28. The Morgan fingerprint density at radius 1 is 1.14 bits per heavy atom. The van der Waals surface area contributed by atoms with Crippen LogP contribution in [0.15, 0.2) is 23.1 Å². The third kappa shape index (κ3) is 5.11. The molecule has 188 valence electrons. The summed E-state index contributed by atoms with van der Waals surface area (Å²) in [6.45, 7) is 7.95. The van der Waals surface area contributed by atoms with E-state index in [0.717, 1.165) is 13.0 Å². The summed E-state index contributed by atoms with van der Waals surface area (Å²) in [7, 11) is 0. The Morgan fingerprint density at radius 3 is 2.54 bits per heavy atom. The molecule has 1 atom stereocenters. The minimum Gasteiger partial charge on any atom is -0.454 e. The number of amides is 3. The highest BCUT2D eigenvalue weighted by molar-refractivity contribution is 6.00. The molecule has 3 heterocycles. The number of carbonyl (C=O) groups excluding carboxylic acids is 3. The molecule has 1 aromatic carbocycles. The average Bonchev–Trinajstić information content (AvgIpc) is 3.47. The van der Waals surface area contributed by atoms with Crippen molar-refractivity contribution in [3.63, 3.8) is 0 Å². The Hall–Kier alpha value is -3.56. The molecule has 1 saturated heterocycles. The van der Waals surface area contributed by atoms with E-state index in [1.165, 1.54) is 6.20 Å². The Labute approximate surface area is 203 Å². The van der Waals surface area contributed by atoms with Crippen LogP contribution >= 0.6 is 0 Å². The van der Waals surface area contributed by atoms with E-state index in [-0.39, 0.29) is 30.1 Å². The molecule has 1 aromatic heterocycles. The summed E-state index contributed by atoms with van der Waals surface area (Å²) in [5.74, 6) is 0.0590. The average molecular weight is 485 g/mol. The van der Waals surface area contributed by atoms with E-state index in [2.05, 4.69) is 10.6 Å². The largest absolute Gasteiger partial charge is 0.454 e. The lowest BCUT2D eigenvalue weighted by atomic mass is 10.0. The first kappa shape index (κ1) is 24.6. The maximum Gasteiger partial charge on any atom is 0.257 e. The molecule has 0 spiro atoms. The standard InChI is InChI=1S/C25H32N4O6/c1-4-28-13-17(23(31)16-11-19-20(12-18(16)28)35-14-34-19)24(32)27-22(15(2)3)25(33)26-8-6-10-29-9-5-7-21(29)30/h11-13,15,22H,4-10,14H2,1-3H3,(H,26,33)(H,27,32)/t22-/m0/s1. The summed E-state index contributed by atoms with van der Waals surface area (Å²) in [5.41, 5.74) is 0.177. The fourth-order valence-corrected chi connectivity index (χ4v) is 4.49. The van der Waals surface area contributed by atoms with Crippen molar-refractivity contribution in [2.45, 2.75) is 52.6 Å². The van der Waals surface area contributed by atoms with Crippen molar-refractivity contribution >= 4 is 28.6 Å². The first-order chi connectivity index (χ1) is 16.8. The molecular weight excluding hydrogens is 452 g/mol. The molecule has 1 fully saturated rings. The molecule has 0 saturated carbocycles. The summed E-state index contributed by atoms with van der Waals surface area (Å²) in [4.78, 5) is 52.7. The number of benzene rings is 1. The Balaban J connectivity index is 1.47. The van der Waals surface area contributed by atoms with Crippen LogP contribution in [0, 0.1) is 5.92 Å². The number of likely N-dealkylation sites (tertiary alicyclic amines) is 1. The molecule has 2 aromatic rings. The number of nitrogens with zero attached hydrogens (tertiary/aromatic N) is 2. The van der Waals surface area contributed by atoms with Gasteiger partial charge in [0.25, 0.3) is 5.91 Å². The van der Waals surface area contributed by atoms with Gasteiger partial charge in [0.05, 0.1) is 10.9 Å². The van der Waals surface area contributed by atoms with E-state index >= 15 is 0 Å². The van der Waals surface area contributed by atoms with Crippen LogP contribution in [-0.4, -0.2) is 59.7 Å². The molecule has 2 aliphatic rings. The Morgan fingerprint density at radius 2 is 1.89 bits per heavy atom. The van der Waals surface area contributed by atoms with Crippen LogP contribution in [0.1, 0.15) is 50.4 Å². The van der Waals surface area contributed by atoms with Gasteiger partial charge < -0.3 is 29.6 Å². The van der Waals surface area contributed by atoms with E-state index in [1.807, 2.05) is 20.8 Å². The third-order valence-corrected chi connectivity index (χ3v) is 6.47. The highest BCUT2D eigenvalue weighted by Gasteiger charge is 2.27. The monoisotopic (exact) mass is 484 g/mol. The van der Waals surface area contributed by atoms with Crippen LogP contribution < -0.4 is 25.5 Å². The quantitative estimate of drug-likeness (QED) is 0.523. The molecule has 0 aliphatic carbocycles. The molecule has 3 amide bonds. The van der Waals surface area contributed by atoms with Crippen LogP contribution in [0.3, 0.4) is 0 Å². The van der Waals surface area contributed by atoms with Crippen LogP contribution in [0.5, 0.6) is 11.5 Å². The van der Waals surface area contributed by atoms with Crippen molar-refractivity contribution in [2.75, 3.05) is 26.4 Å². The van der Waals surface area contributed by atoms with Crippen LogP contribution in [0.4, 0.5) is 0 Å². The topological polar surface area (TPSA) is 119 Å². The number of ether oxygens (including phenoxy) is 2. The number of rotatable bonds is 9. The van der Waals surface area contributed by atoms with Gasteiger partial charge in [-0.2, -0.15) is 0 Å². The summed E-state index contributed by atoms with van der Waals surface area (Å²) in [6, 6.07) is 2.53. The van der Waals surface area contributed by atoms with Crippen LogP contribution in [0.2, 0.25) is 0 Å². The normalized spacial score (nSPS) is 15.7. The summed E-state index contributed by atoms with van der Waals surface area (Å²) in [6.07, 6.45) is 3.62. The molecular formula is C25H32N4O6. The molecule has 4 rings (SSSR count). The zero-order chi connectivity index (χ0) is 25.1. The van der Waals surface area contributed by atoms with Crippen molar-refractivity contribution in [1.29, 1.82) is 0 Å². The second kappa shape index (κ2) is 10.4. The second-order valence-electron chi connectivity index (χ2n) is 9.20. The lowest BCUT2D eigenvalue weighted by Crippen LogP contribution is -2.50. The van der Waals surface area contributed by atoms with Gasteiger partial charge in [-0.05, 0) is 31.7 Å². The predicted molar refractivity (Wildman–Crippen MR) is 130 cm³/mol. The summed E-state index contributed by atoms with van der Waals surface area (Å²) >= 11 is 0. The van der Waals surface area contributed by atoms with Crippen LogP contribution in [0.25, 0.3) is 10.9 Å². The first-order valence-corrected chi connectivity index (χ1v) is 12.1. The van der Waals surface area contributed by atoms with Gasteiger partial charge in [-0.3, -0.25) is 19.2 Å². The SMILES string of the molecule is CCn1cc(C(=O)N[C@H](C(=O)NCCCN2CCCC2=O)C(C)C)c(=O)c2cc3c(cc21)OCO3. The fraction of sp³-hybridized carbons (Fsp3) is 0.520.